The average Bonchev–Trinajstić information content (AvgIpc) is 3.28. The predicted octanol–water partition coefficient (Wildman–Crippen LogP) is 1.84. The van der Waals surface area contributed by atoms with Gasteiger partial charge in [0.1, 0.15) is 17.0 Å². The lowest BCUT2D eigenvalue weighted by molar-refractivity contribution is -0.267. The van der Waals surface area contributed by atoms with E-state index in [1.165, 1.54) is 10.8 Å². The van der Waals surface area contributed by atoms with E-state index in [1.54, 1.807) is 30.5 Å². The average molecular weight is 609 g/mol. The number of nitrogens with one attached hydrogen (secondary N) is 1. The second kappa shape index (κ2) is 13.7. The SMILES string of the molecule is CSC(=S)NC(=O)C(=O)c1cn([C@@H]2O[C@H](COC(C)=O)[C@@H](OC(C)=O)[C@H](OC(C)=O)[C@H]2OC(C)=O)c2ccccc12. The van der Waals surface area contributed by atoms with Crippen LogP contribution < -0.4 is 5.32 Å². The van der Waals surface area contributed by atoms with Crippen molar-refractivity contribution in [3.05, 3.63) is 36.0 Å². The molecule has 220 valence electrons. The summed E-state index contributed by atoms with van der Waals surface area (Å²) >= 11 is 6.08. The summed E-state index contributed by atoms with van der Waals surface area (Å²) in [6.45, 7) is 4.09. The summed E-state index contributed by atoms with van der Waals surface area (Å²) in [7, 11) is 0. The largest absolute Gasteiger partial charge is 0.463 e. The first-order valence-corrected chi connectivity index (χ1v) is 13.8. The molecule has 13 nitrogen and oxygen atoms in total. The number of esters is 4. The summed E-state index contributed by atoms with van der Waals surface area (Å²) in [6.07, 6.45) is -3.71. The van der Waals surface area contributed by atoms with Crippen molar-refractivity contribution in [2.24, 2.45) is 0 Å². The van der Waals surface area contributed by atoms with Gasteiger partial charge in [0, 0.05) is 39.3 Å². The van der Waals surface area contributed by atoms with Gasteiger partial charge in [-0.25, -0.2) is 0 Å². The van der Waals surface area contributed by atoms with Crippen LogP contribution in [0.5, 0.6) is 0 Å². The maximum Gasteiger partial charge on any atom is 0.303 e. The summed E-state index contributed by atoms with van der Waals surface area (Å²) in [5.74, 6) is -4.86. The maximum atomic E-state index is 13.2. The van der Waals surface area contributed by atoms with Gasteiger partial charge in [0.15, 0.2) is 24.5 Å². The van der Waals surface area contributed by atoms with Crippen molar-refractivity contribution >= 4 is 74.8 Å². The maximum absolute atomic E-state index is 13.2. The van der Waals surface area contributed by atoms with Gasteiger partial charge in [-0.05, 0) is 12.3 Å². The molecule has 0 bridgehead atoms. The summed E-state index contributed by atoms with van der Waals surface area (Å²) in [5.41, 5.74) is 0.367. The molecule has 0 unspecified atom stereocenters. The van der Waals surface area contributed by atoms with Crippen molar-refractivity contribution in [2.45, 2.75) is 58.3 Å². The lowest BCUT2D eigenvalue weighted by Gasteiger charge is -2.44. The molecule has 0 aliphatic carbocycles. The Balaban J connectivity index is 2.19. The Labute approximate surface area is 244 Å². The number of Topliss-reactive ketones (excluding diaryl/α,β-unsaturated/α-hetero) is 1. The van der Waals surface area contributed by atoms with Crippen molar-refractivity contribution in [1.29, 1.82) is 0 Å². The van der Waals surface area contributed by atoms with E-state index < -0.39 is 72.8 Å². The number of thioether (sulfide) groups is 1. The predicted molar refractivity (Wildman–Crippen MR) is 148 cm³/mol. The van der Waals surface area contributed by atoms with Crippen molar-refractivity contribution in [3.8, 4) is 0 Å². The molecule has 5 atom stereocenters. The normalized spacial score (nSPS) is 21.8. The molecule has 41 heavy (non-hydrogen) atoms. The summed E-state index contributed by atoms with van der Waals surface area (Å²) in [6, 6.07) is 6.55. The number of aromatic nitrogens is 1. The van der Waals surface area contributed by atoms with E-state index in [0.717, 1.165) is 39.5 Å². The standard InChI is InChI=1S/C26H28N2O11S2/c1-12(29)35-11-19-21(36-13(2)30)22(37-14(3)31)23(38-15(4)32)25(39-19)28-10-17(16-8-6-7-9-18(16)28)20(33)24(34)27-26(40)41-5/h6-10,19,21-23,25H,11H2,1-5H3,(H,27,34,40)/t19-,21-,22+,23-,25-/m1/s1. The van der Waals surface area contributed by atoms with Gasteiger partial charge in [0.2, 0.25) is 0 Å². The van der Waals surface area contributed by atoms with Crippen LogP contribution in [0.4, 0.5) is 0 Å². The number of benzene rings is 1. The molecular weight excluding hydrogens is 580 g/mol. The zero-order valence-electron chi connectivity index (χ0n) is 22.7. The van der Waals surface area contributed by atoms with E-state index in [0.29, 0.717) is 10.9 Å². The van der Waals surface area contributed by atoms with Crippen LogP contribution in [0.3, 0.4) is 0 Å². The fraction of sp³-hybridized carbons (Fsp3) is 0.423. The highest BCUT2D eigenvalue weighted by Gasteiger charge is 2.53. The third-order valence-corrected chi connectivity index (χ3v) is 6.91. The summed E-state index contributed by atoms with van der Waals surface area (Å²) in [5, 5.41) is 2.70. The molecule has 2 aromatic rings. The van der Waals surface area contributed by atoms with E-state index in [4.69, 9.17) is 35.9 Å². The molecule has 3 rings (SSSR count). The van der Waals surface area contributed by atoms with Gasteiger partial charge in [-0.3, -0.25) is 28.8 Å². The van der Waals surface area contributed by atoms with Gasteiger partial charge in [0.05, 0.1) is 11.1 Å². The molecule has 1 fully saturated rings. The number of ether oxygens (including phenoxy) is 5. The first-order valence-electron chi connectivity index (χ1n) is 12.2. The lowest BCUT2D eigenvalue weighted by Crippen LogP contribution is -2.60. The van der Waals surface area contributed by atoms with Gasteiger partial charge in [-0.15, -0.1) is 11.8 Å². The first-order chi connectivity index (χ1) is 19.3. The number of hydrogen-bond acceptors (Lipinski definition) is 13. The Hall–Kier alpha value is -3.82. The van der Waals surface area contributed by atoms with E-state index in [1.807, 2.05) is 0 Å². The lowest BCUT2D eigenvalue weighted by atomic mass is 9.97. The number of amides is 1. The van der Waals surface area contributed by atoms with Gasteiger partial charge in [-0.1, -0.05) is 30.4 Å². The number of nitrogens with zero attached hydrogens (tertiary/aromatic N) is 1. The van der Waals surface area contributed by atoms with Gasteiger partial charge in [-0.2, -0.15) is 0 Å². The number of rotatable bonds is 8. The molecule has 0 saturated carbocycles. The molecule has 1 aliphatic rings. The number of fused-ring (bicyclic) bond motifs is 1. The number of hydrogen-bond donors (Lipinski definition) is 1. The summed E-state index contributed by atoms with van der Waals surface area (Å²) < 4.78 is 29.3. The highest BCUT2D eigenvalue weighted by Crippen LogP contribution is 2.37. The van der Waals surface area contributed by atoms with Gasteiger partial charge in [0.25, 0.3) is 11.7 Å². The Kier molecular flexibility index (Phi) is 10.6. The number of carbonyl (C=O) groups is 6. The van der Waals surface area contributed by atoms with Crippen molar-refractivity contribution in [2.75, 3.05) is 12.9 Å². The van der Waals surface area contributed by atoms with E-state index >= 15 is 0 Å². The quantitative estimate of drug-likeness (QED) is 0.152. The molecule has 1 aromatic carbocycles. The van der Waals surface area contributed by atoms with Crippen LogP contribution in [-0.2, 0) is 47.7 Å². The van der Waals surface area contributed by atoms with E-state index in [-0.39, 0.29) is 9.88 Å². The highest BCUT2D eigenvalue weighted by atomic mass is 32.2. The Morgan fingerprint density at radius 2 is 1.49 bits per heavy atom. The zero-order valence-corrected chi connectivity index (χ0v) is 24.4. The second-order valence-corrected chi connectivity index (χ2v) is 10.3. The topological polar surface area (TPSA) is 166 Å². The molecule has 1 aliphatic heterocycles. The molecule has 1 saturated heterocycles. The number of para-hydroxylation sites is 1. The molecule has 15 heteroatoms. The Morgan fingerprint density at radius 1 is 0.902 bits per heavy atom. The molecule has 1 N–H and O–H groups in total. The number of carbonyl (C=O) groups excluding carboxylic acids is 6. The fourth-order valence-electron chi connectivity index (χ4n) is 4.35. The monoisotopic (exact) mass is 608 g/mol. The second-order valence-electron chi connectivity index (χ2n) is 8.83. The van der Waals surface area contributed by atoms with Crippen LogP contribution in [0.25, 0.3) is 10.9 Å². The third kappa shape index (κ3) is 7.68. The zero-order chi connectivity index (χ0) is 30.4. The number of thiocarbonyl (C=S) groups is 1. The van der Waals surface area contributed by atoms with Crippen LogP contribution in [0, 0.1) is 0 Å². The first kappa shape index (κ1) is 31.7. The fourth-order valence-corrected chi connectivity index (χ4v) is 4.64. The van der Waals surface area contributed by atoms with Crippen LogP contribution in [0.15, 0.2) is 30.5 Å². The molecule has 1 aromatic heterocycles. The van der Waals surface area contributed by atoms with Crippen molar-refractivity contribution < 1.29 is 52.5 Å². The molecule has 0 spiro atoms. The Bertz CT molecular complexity index is 1390. The van der Waals surface area contributed by atoms with Gasteiger partial charge >= 0.3 is 23.9 Å². The minimum atomic E-state index is -1.41. The molecule has 1 amide bonds. The van der Waals surface area contributed by atoms with Crippen LogP contribution in [-0.4, -0.2) is 81.7 Å². The minimum absolute atomic E-state index is 0.0186. The van der Waals surface area contributed by atoms with E-state index in [2.05, 4.69) is 5.32 Å². The van der Waals surface area contributed by atoms with Crippen LogP contribution >= 0.6 is 24.0 Å². The Morgan fingerprint density at radius 3 is 2.07 bits per heavy atom. The molecular formula is C26H28N2O11S2. The van der Waals surface area contributed by atoms with Crippen molar-refractivity contribution in [3.63, 3.8) is 0 Å². The smallest absolute Gasteiger partial charge is 0.303 e. The minimum Gasteiger partial charge on any atom is -0.463 e. The van der Waals surface area contributed by atoms with Crippen LogP contribution in [0.2, 0.25) is 0 Å². The molecule has 2 heterocycles. The van der Waals surface area contributed by atoms with Crippen molar-refractivity contribution in [1.82, 2.24) is 9.88 Å². The third-order valence-electron chi connectivity index (χ3n) is 5.83. The van der Waals surface area contributed by atoms with Crippen LogP contribution in [0.1, 0.15) is 44.3 Å². The number of ketones is 1. The molecule has 0 radical (unpaired) electrons. The highest BCUT2D eigenvalue weighted by molar-refractivity contribution is 8.22. The van der Waals surface area contributed by atoms with Gasteiger partial charge < -0.3 is 33.6 Å². The van der Waals surface area contributed by atoms with E-state index in [9.17, 15) is 28.8 Å². The summed E-state index contributed by atoms with van der Waals surface area (Å²) in [4.78, 5) is 73.8.